The van der Waals surface area contributed by atoms with E-state index in [2.05, 4.69) is 0 Å². The van der Waals surface area contributed by atoms with Crippen LogP contribution in [0, 0.1) is 6.42 Å². The predicted molar refractivity (Wildman–Crippen MR) is 21.5 cm³/mol. The molecule has 0 fully saturated rings. The molecule has 0 saturated carbocycles. The van der Waals surface area contributed by atoms with Crippen LogP contribution in [0.25, 0.3) is 0 Å². The van der Waals surface area contributed by atoms with Crippen LogP contribution in [-0.2, 0) is 25.8 Å². The molecule has 0 heterocycles. The van der Waals surface area contributed by atoms with Crippen LogP contribution < -0.4 is 0 Å². The van der Waals surface area contributed by atoms with Crippen LogP contribution in [-0.4, -0.2) is 16.4 Å². The average molecular weight is 273 g/mol. The smallest absolute Gasteiger partial charge is 0.870 e. The molecule has 0 unspecified atom stereocenters. The third kappa shape index (κ3) is 271. The van der Waals surface area contributed by atoms with Gasteiger partial charge in [0, 0.05) is 0 Å². The molecule has 3 N–H and O–H groups in total. The molecule has 0 aliphatic rings. The SMILES string of the molecule is C[CH-]C.[Hf+4].[OH-].[OH-].[OH-]. The molecule has 3 nitrogen and oxygen atoms in total. The zero-order valence-electron chi connectivity index (χ0n) is 4.42. The molecule has 0 spiro atoms. The first kappa shape index (κ1) is 46.7. The fraction of sp³-hybridized carbons (Fsp3) is 0.667. The van der Waals surface area contributed by atoms with E-state index in [9.17, 15) is 0 Å². The quantitative estimate of drug-likeness (QED) is 0.480. The van der Waals surface area contributed by atoms with E-state index in [-0.39, 0.29) is 42.3 Å². The first-order chi connectivity index (χ1) is 1.41. The minimum absolute atomic E-state index is 0. The monoisotopic (exact) mass is 274 g/mol. The maximum absolute atomic E-state index is 2.00. The van der Waals surface area contributed by atoms with Gasteiger partial charge in [-0.25, -0.2) is 0 Å². The third-order valence-electron chi connectivity index (χ3n) is 0. The van der Waals surface area contributed by atoms with Gasteiger partial charge in [-0.15, -0.1) is 0 Å². The van der Waals surface area contributed by atoms with Gasteiger partial charge in [-0.1, -0.05) is 0 Å². The van der Waals surface area contributed by atoms with Crippen molar-refractivity contribution in [3.8, 4) is 0 Å². The van der Waals surface area contributed by atoms with E-state index in [1.165, 1.54) is 0 Å². The molecule has 0 bridgehead atoms. The van der Waals surface area contributed by atoms with Crippen molar-refractivity contribution < 1.29 is 42.3 Å². The maximum Gasteiger partial charge on any atom is 4.00 e. The first-order valence-corrected chi connectivity index (χ1v) is 1.15. The van der Waals surface area contributed by atoms with Crippen LogP contribution in [0.15, 0.2) is 0 Å². The summed E-state index contributed by atoms with van der Waals surface area (Å²) in [5, 5.41) is 0. The summed E-state index contributed by atoms with van der Waals surface area (Å²) in [6.07, 6.45) is 2.00. The molecule has 0 aromatic heterocycles. The Morgan fingerprint density at radius 1 is 0.857 bits per heavy atom. The maximum atomic E-state index is 2.00. The number of rotatable bonds is 0. The molecule has 0 radical (unpaired) electrons. The Balaban J connectivity index is -0.00000000333. The summed E-state index contributed by atoms with van der Waals surface area (Å²) >= 11 is 0. The summed E-state index contributed by atoms with van der Waals surface area (Å²) in [5.74, 6) is 0. The number of hydrogen-bond acceptors (Lipinski definition) is 3. The van der Waals surface area contributed by atoms with Crippen molar-refractivity contribution in [2.75, 3.05) is 0 Å². The molecule has 0 aromatic carbocycles. The van der Waals surface area contributed by atoms with Crippen molar-refractivity contribution in [3.05, 3.63) is 6.42 Å². The Kier molecular flexibility index (Phi) is 486. The molecule has 0 saturated heterocycles. The molecular weight excluding hydrogens is 263 g/mol. The van der Waals surface area contributed by atoms with E-state index in [0.717, 1.165) is 0 Å². The number of hydrogen-bond donors (Lipinski definition) is 0. The van der Waals surface area contributed by atoms with Gasteiger partial charge in [0.05, 0.1) is 0 Å². The van der Waals surface area contributed by atoms with Gasteiger partial charge < -0.3 is 22.8 Å². The van der Waals surface area contributed by atoms with E-state index in [0.29, 0.717) is 0 Å². The second-order valence-corrected chi connectivity index (χ2v) is 0.577. The Bertz CT molecular complexity index is 10.1. The summed E-state index contributed by atoms with van der Waals surface area (Å²) in [7, 11) is 0. The Hall–Kier alpha value is 0.750. The van der Waals surface area contributed by atoms with Crippen LogP contribution in [0.2, 0.25) is 0 Å². The zero-order chi connectivity index (χ0) is 2.71. The van der Waals surface area contributed by atoms with Gasteiger partial charge in [0.2, 0.25) is 0 Å². The summed E-state index contributed by atoms with van der Waals surface area (Å²) in [6.45, 7) is 4.00. The van der Waals surface area contributed by atoms with Gasteiger partial charge in [-0.3, -0.25) is 0 Å². The summed E-state index contributed by atoms with van der Waals surface area (Å²) < 4.78 is 0. The topological polar surface area (TPSA) is 90.0 Å². The second kappa shape index (κ2) is 72.9. The summed E-state index contributed by atoms with van der Waals surface area (Å²) in [5.41, 5.74) is 0. The normalized spacial score (nSPS) is 2.57. The molecule has 4 heteroatoms. The Morgan fingerprint density at radius 3 is 0.857 bits per heavy atom. The average Bonchev–Trinajstić information content (AvgIpc) is 0.918. The van der Waals surface area contributed by atoms with Gasteiger partial charge >= 0.3 is 25.8 Å². The van der Waals surface area contributed by atoms with Crippen LogP contribution in [0.3, 0.4) is 0 Å². The van der Waals surface area contributed by atoms with Crippen LogP contribution in [0.1, 0.15) is 13.8 Å². The molecule has 0 aromatic rings. The van der Waals surface area contributed by atoms with Crippen LogP contribution >= 0.6 is 0 Å². The predicted octanol–water partition coefficient (Wildman–Crippen LogP) is 0.698. The van der Waals surface area contributed by atoms with Gasteiger partial charge in [0.1, 0.15) is 0 Å². The van der Waals surface area contributed by atoms with Crippen molar-refractivity contribution >= 4 is 0 Å². The van der Waals surface area contributed by atoms with Crippen molar-refractivity contribution in [2.24, 2.45) is 0 Å². The van der Waals surface area contributed by atoms with Crippen LogP contribution in [0.5, 0.6) is 0 Å². The molecule has 44 valence electrons. The molecule has 0 amide bonds. The van der Waals surface area contributed by atoms with E-state index >= 15 is 0 Å². The van der Waals surface area contributed by atoms with E-state index < -0.39 is 0 Å². The molecule has 0 atom stereocenters. The van der Waals surface area contributed by atoms with E-state index in [1.54, 1.807) is 0 Å². The largest absolute Gasteiger partial charge is 4.00 e. The van der Waals surface area contributed by atoms with E-state index in [4.69, 9.17) is 0 Å². The molecule has 0 rings (SSSR count). The summed E-state index contributed by atoms with van der Waals surface area (Å²) in [6, 6.07) is 0. The minimum atomic E-state index is 0. The molecule has 0 aliphatic carbocycles. The van der Waals surface area contributed by atoms with Crippen molar-refractivity contribution in [3.63, 3.8) is 0 Å². The van der Waals surface area contributed by atoms with Gasteiger partial charge in [-0.2, -0.15) is 13.8 Å². The fourth-order valence-electron chi connectivity index (χ4n) is 0. The van der Waals surface area contributed by atoms with Crippen molar-refractivity contribution in [1.29, 1.82) is 0 Å². The summed E-state index contributed by atoms with van der Waals surface area (Å²) in [4.78, 5) is 0. The van der Waals surface area contributed by atoms with Crippen LogP contribution in [0.4, 0.5) is 0 Å². The van der Waals surface area contributed by atoms with Crippen molar-refractivity contribution in [1.82, 2.24) is 0 Å². The fourth-order valence-corrected chi connectivity index (χ4v) is 0. The molecule has 7 heavy (non-hydrogen) atoms. The Morgan fingerprint density at radius 2 is 0.857 bits per heavy atom. The molecule has 0 aliphatic heterocycles. The van der Waals surface area contributed by atoms with Gasteiger partial charge in [-0.05, 0) is 0 Å². The zero-order valence-corrected chi connectivity index (χ0v) is 8.01. The minimum Gasteiger partial charge on any atom is -0.870 e. The Labute approximate surface area is 62.8 Å². The van der Waals surface area contributed by atoms with E-state index in [1.807, 2.05) is 20.3 Å². The first-order valence-electron chi connectivity index (χ1n) is 1.15. The second-order valence-electron chi connectivity index (χ2n) is 0.577. The molecular formula is C3H10HfO3. The van der Waals surface area contributed by atoms with Gasteiger partial charge in [0.15, 0.2) is 0 Å². The standard InChI is InChI=1S/C3H7.Hf.3H2O/c1-3-2;;;;/h3H,1-2H3;;3*1H2/q-1;+4;;;/p-3. The van der Waals surface area contributed by atoms with Gasteiger partial charge in [0.25, 0.3) is 0 Å². The third-order valence-corrected chi connectivity index (χ3v) is 0. The van der Waals surface area contributed by atoms with Crippen molar-refractivity contribution in [2.45, 2.75) is 13.8 Å².